The second-order valence-electron chi connectivity index (χ2n) is 5.48. The first-order valence-corrected chi connectivity index (χ1v) is 9.30. The molecule has 2 aromatic carbocycles. The van der Waals surface area contributed by atoms with Gasteiger partial charge in [0.2, 0.25) is 9.84 Å². The number of rotatable bonds is 8. The van der Waals surface area contributed by atoms with E-state index in [-0.39, 0.29) is 15.9 Å². The van der Waals surface area contributed by atoms with Gasteiger partial charge in [-0.3, -0.25) is 0 Å². The molecule has 2 aromatic rings. The first-order valence-electron chi connectivity index (χ1n) is 7.81. The summed E-state index contributed by atoms with van der Waals surface area (Å²) >= 11 is 0. The van der Waals surface area contributed by atoms with E-state index >= 15 is 0 Å². The van der Waals surface area contributed by atoms with Crippen molar-refractivity contribution in [3.8, 4) is 5.75 Å². The van der Waals surface area contributed by atoms with Gasteiger partial charge >= 0.3 is 0 Å². The third-order valence-corrected chi connectivity index (χ3v) is 5.39. The maximum atomic E-state index is 12.8. The van der Waals surface area contributed by atoms with Crippen LogP contribution in [0.2, 0.25) is 0 Å². The van der Waals surface area contributed by atoms with E-state index in [0.717, 1.165) is 19.3 Å². The molecule has 0 saturated carbocycles. The Labute approximate surface area is 138 Å². The zero-order chi connectivity index (χ0) is 16.7. The van der Waals surface area contributed by atoms with Gasteiger partial charge in [0.25, 0.3) is 0 Å². The molecule has 4 nitrogen and oxygen atoms in total. The summed E-state index contributed by atoms with van der Waals surface area (Å²) in [6.07, 6.45) is 2.69. The first-order chi connectivity index (χ1) is 11.1. The fourth-order valence-electron chi connectivity index (χ4n) is 2.35. The van der Waals surface area contributed by atoms with Crippen LogP contribution in [0.1, 0.15) is 26.2 Å². The summed E-state index contributed by atoms with van der Waals surface area (Å²) in [6, 6.07) is 15.2. The molecule has 0 aliphatic heterocycles. The third-order valence-electron chi connectivity index (χ3n) is 3.59. The number of nitrogens with two attached hydrogens (primary N) is 1. The number of benzene rings is 2. The van der Waals surface area contributed by atoms with Crippen molar-refractivity contribution in [2.75, 3.05) is 6.54 Å². The highest BCUT2D eigenvalue weighted by Gasteiger charge is 2.22. The highest BCUT2D eigenvalue weighted by Crippen LogP contribution is 2.30. The SMILES string of the molecule is CC(CCCCN)Oc1ccccc1S(=O)(=O)c1ccccc1. The predicted molar refractivity (Wildman–Crippen MR) is 91.3 cm³/mol. The molecule has 0 radical (unpaired) electrons. The Kier molecular flexibility index (Phi) is 6.19. The third kappa shape index (κ3) is 4.56. The molecule has 2 rings (SSSR count). The Morgan fingerprint density at radius 2 is 1.65 bits per heavy atom. The molecule has 0 amide bonds. The fourth-order valence-corrected chi connectivity index (χ4v) is 3.76. The lowest BCUT2D eigenvalue weighted by Gasteiger charge is -2.17. The number of para-hydroxylation sites is 1. The molecule has 1 unspecified atom stereocenters. The van der Waals surface area contributed by atoms with E-state index in [1.807, 2.05) is 6.92 Å². The van der Waals surface area contributed by atoms with Crippen molar-refractivity contribution in [3.05, 3.63) is 54.6 Å². The van der Waals surface area contributed by atoms with E-state index < -0.39 is 9.84 Å². The minimum absolute atomic E-state index is 0.0614. The van der Waals surface area contributed by atoms with Gasteiger partial charge < -0.3 is 10.5 Å². The van der Waals surface area contributed by atoms with Crippen LogP contribution in [0.3, 0.4) is 0 Å². The van der Waals surface area contributed by atoms with Crippen molar-refractivity contribution < 1.29 is 13.2 Å². The molecule has 1 atom stereocenters. The van der Waals surface area contributed by atoms with Gasteiger partial charge in [-0.15, -0.1) is 0 Å². The molecule has 0 saturated heterocycles. The molecule has 0 aliphatic carbocycles. The standard InChI is InChI=1S/C18H23NO3S/c1-15(9-7-8-14-19)22-17-12-5-6-13-18(17)23(20,21)16-10-3-2-4-11-16/h2-6,10-13,15H,7-9,14,19H2,1H3. The lowest BCUT2D eigenvalue weighted by Crippen LogP contribution is -2.15. The predicted octanol–water partition coefficient (Wildman–Crippen LogP) is 3.42. The first kappa shape index (κ1) is 17.5. The van der Waals surface area contributed by atoms with Gasteiger partial charge in [-0.2, -0.15) is 0 Å². The van der Waals surface area contributed by atoms with Crippen LogP contribution in [-0.4, -0.2) is 21.1 Å². The molecule has 0 fully saturated rings. The van der Waals surface area contributed by atoms with Gasteiger partial charge in [-0.25, -0.2) is 8.42 Å². The van der Waals surface area contributed by atoms with Gasteiger partial charge in [0.15, 0.2) is 0 Å². The number of sulfone groups is 1. The molecule has 0 heterocycles. The summed E-state index contributed by atoms with van der Waals surface area (Å²) < 4.78 is 31.5. The molecule has 5 heteroatoms. The topological polar surface area (TPSA) is 69.4 Å². The van der Waals surface area contributed by atoms with Crippen LogP contribution < -0.4 is 10.5 Å². The van der Waals surface area contributed by atoms with Crippen molar-refractivity contribution in [1.82, 2.24) is 0 Å². The monoisotopic (exact) mass is 333 g/mol. The summed E-state index contributed by atoms with van der Waals surface area (Å²) in [5.74, 6) is 0.400. The molecular weight excluding hydrogens is 310 g/mol. The van der Waals surface area contributed by atoms with Crippen molar-refractivity contribution >= 4 is 9.84 Å². The van der Waals surface area contributed by atoms with Gasteiger partial charge in [-0.05, 0) is 57.0 Å². The highest BCUT2D eigenvalue weighted by molar-refractivity contribution is 7.91. The van der Waals surface area contributed by atoms with E-state index in [4.69, 9.17) is 10.5 Å². The van der Waals surface area contributed by atoms with Gasteiger partial charge in [0.1, 0.15) is 10.6 Å². The maximum absolute atomic E-state index is 12.8. The van der Waals surface area contributed by atoms with E-state index in [1.165, 1.54) is 0 Å². The van der Waals surface area contributed by atoms with Crippen LogP contribution in [0, 0.1) is 0 Å². The van der Waals surface area contributed by atoms with Crippen molar-refractivity contribution in [2.24, 2.45) is 5.73 Å². The summed E-state index contributed by atoms with van der Waals surface area (Å²) in [7, 11) is -3.59. The van der Waals surface area contributed by atoms with E-state index in [1.54, 1.807) is 54.6 Å². The average molecular weight is 333 g/mol. The van der Waals surface area contributed by atoms with Crippen LogP contribution in [0.4, 0.5) is 0 Å². The quantitative estimate of drug-likeness (QED) is 0.752. The average Bonchev–Trinajstić information content (AvgIpc) is 2.56. The summed E-state index contributed by atoms with van der Waals surface area (Å²) in [6.45, 7) is 2.61. The second kappa shape index (κ2) is 8.13. The molecule has 0 aromatic heterocycles. The van der Waals surface area contributed by atoms with Gasteiger partial charge in [0, 0.05) is 0 Å². The molecule has 2 N–H and O–H groups in total. The molecular formula is C18H23NO3S. The Morgan fingerprint density at radius 3 is 2.35 bits per heavy atom. The Morgan fingerprint density at radius 1 is 1.00 bits per heavy atom. The lowest BCUT2D eigenvalue weighted by atomic mass is 10.2. The number of unbranched alkanes of at least 4 members (excludes halogenated alkanes) is 1. The van der Waals surface area contributed by atoms with E-state index in [9.17, 15) is 8.42 Å². The lowest BCUT2D eigenvalue weighted by molar-refractivity contribution is 0.202. The second-order valence-corrected chi connectivity index (χ2v) is 7.39. The van der Waals surface area contributed by atoms with Crippen molar-refractivity contribution in [2.45, 2.75) is 42.1 Å². The molecule has 0 bridgehead atoms. The number of hydrogen-bond donors (Lipinski definition) is 1. The van der Waals surface area contributed by atoms with Crippen LogP contribution in [0.25, 0.3) is 0 Å². The van der Waals surface area contributed by atoms with Gasteiger partial charge in [-0.1, -0.05) is 30.3 Å². The zero-order valence-corrected chi connectivity index (χ0v) is 14.1. The van der Waals surface area contributed by atoms with Crippen molar-refractivity contribution in [3.63, 3.8) is 0 Å². The normalized spacial score (nSPS) is 12.8. The van der Waals surface area contributed by atoms with Crippen LogP contribution in [0.5, 0.6) is 5.75 Å². The largest absolute Gasteiger partial charge is 0.489 e. The number of ether oxygens (including phenoxy) is 1. The van der Waals surface area contributed by atoms with Crippen molar-refractivity contribution in [1.29, 1.82) is 0 Å². The fraction of sp³-hybridized carbons (Fsp3) is 0.333. The zero-order valence-electron chi connectivity index (χ0n) is 13.3. The molecule has 124 valence electrons. The summed E-state index contributed by atoms with van der Waals surface area (Å²) in [5.41, 5.74) is 5.49. The maximum Gasteiger partial charge on any atom is 0.210 e. The number of hydrogen-bond acceptors (Lipinski definition) is 4. The smallest absolute Gasteiger partial charge is 0.210 e. The molecule has 0 aliphatic rings. The molecule has 23 heavy (non-hydrogen) atoms. The van der Waals surface area contributed by atoms with Crippen LogP contribution >= 0.6 is 0 Å². The Balaban J connectivity index is 2.24. The summed E-state index contributed by atoms with van der Waals surface area (Å²) in [4.78, 5) is 0.476. The Hall–Kier alpha value is -1.85. The van der Waals surface area contributed by atoms with Gasteiger partial charge in [0.05, 0.1) is 11.0 Å². The van der Waals surface area contributed by atoms with Crippen LogP contribution in [0.15, 0.2) is 64.4 Å². The van der Waals surface area contributed by atoms with E-state index in [0.29, 0.717) is 12.3 Å². The minimum atomic E-state index is -3.59. The highest BCUT2D eigenvalue weighted by atomic mass is 32.2. The minimum Gasteiger partial charge on any atom is -0.489 e. The molecule has 0 spiro atoms. The van der Waals surface area contributed by atoms with Crippen LogP contribution in [-0.2, 0) is 9.84 Å². The van der Waals surface area contributed by atoms with E-state index in [2.05, 4.69) is 0 Å². The summed E-state index contributed by atoms with van der Waals surface area (Å²) in [5, 5.41) is 0. The Bertz CT molecular complexity index is 714.